The molecule has 0 aliphatic rings. The number of nitrogens with one attached hydrogen (secondary N) is 3. The normalized spacial score (nSPS) is 10.5. The summed E-state index contributed by atoms with van der Waals surface area (Å²) in [5.74, 6) is -1.39. The van der Waals surface area contributed by atoms with E-state index in [9.17, 15) is 14.4 Å². The summed E-state index contributed by atoms with van der Waals surface area (Å²) in [5, 5.41) is 9.06. The maximum absolute atomic E-state index is 12.2. The average molecular weight is 539 g/mol. The van der Waals surface area contributed by atoms with E-state index in [1.54, 1.807) is 54.6 Å². The summed E-state index contributed by atoms with van der Waals surface area (Å²) < 4.78 is 11.8. The SMILES string of the molecule is CCOc1ccccc1NC(=O)C(=O)N/N=C\c1cc(Br)ccc1OCC(=O)Nc1ccccc1. The lowest BCUT2D eigenvalue weighted by atomic mass is 10.2. The van der Waals surface area contributed by atoms with Gasteiger partial charge in [0.25, 0.3) is 5.91 Å². The predicted molar refractivity (Wildman–Crippen MR) is 137 cm³/mol. The second kappa shape index (κ2) is 12.9. The summed E-state index contributed by atoms with van der Waals surface area (Å²) in [4.78, 5) is 36.6. The van der Waals surface area contributed by atoms with E-state index in [4.69, 9.17) is 9.47 Å². The van der Waals surface area contributed by atoms with Gasteiger partial charge in [0.1, 0.15) is 11.5 Å². The van der Waals surface area contributed by atoms with Gasteiger partial charge in [-0.3, -0.25) is 14.4 Å². The van der Waals surface area contributed by atoms with Gasteiger partial charge in [0.15, 0.2) is 6.61 Å². The minimum absolute atomic E-state index is 0.231. The number of halogens is 1. The van der Waals surface area contributed by atoms with Crippen LogP contribution in [0.4, 0.5) is 11.4 Å². The molecule has 0 fully saturated rings. The van der Waals surface area contributed by atoms with Crippen LogP contribution in [-0.2, 0) is 14.4 Å². The summed E-state index contributed by atoms with van der Waals surface area (Å²) in [6.07, 6.45) is 1.31. The molecule has 9 nitrogen and oxygen atoms in total. The Bertz CT molecular complexity index is 1220. The van der Waals surface area contributed by atoms with Crippen molar-refractivity contribution in [2.24, 2.45) is 5.10 Å². The second-order valence-electron chi connectivity index (χ2n) is 6.97. The first-order valence-electron chi connectivity index (χ1n) is 10.6. The number of para-hydroxylation sites is 3. The second-order valence-corrected chi connectivity index (χ2v) is 7.88. The van der Waals surface area contributed by atoms with Crippen LogP contribution in [-0.4, -0.2) is 37.1 Å². The quantitative estimate of drug-likeness (QED) is 0.216. The molecule has 0 heterocycles. The fourth-order valence-electron chi connectivity index (χ4n) is 2.86. The number of ether oxygens (including phenoxy) is 2. The van der Waals surface area contributed by atoms with Crippen LogP contribution >= 0.6 is 15.9 Å². The van der Waals surface area contributed by atoms with Gasteiger partial charge in [-0.05, 0) is 49.4 Å². The van der Waals surface area contributed by atoms with Crippen LogP contribution in [0.2, 0.25) is 0 Å². The summed E-state index contributed by atoms with van der Waals surface area (Å²) in [6.45, 7) is 2.00. The number of carbonyl (C=O) groups excluding carboxylic acids is 3. The third kappa shape index (κ3) is 7.97. The topological polar surface area (TPSA) is 118 Å². The van der Waals surface area contributed by atoms with Crippen molar-refractivity contribution in [3.63, 3.8) is 0 Å². The zero-order chi connectivity index (χ0) is 25.0. The van der Waals surface area contributed by atoms with Crippen molar-refractivity contribution >= 4 is 51.2 Å². The summed E-state index contributed by atoms with van der Waals surface area (Å²) >= 11 is 3.36. The molecule has 0 radical (unpaired) electrons. The largest absolute Gasteiger partial charge is 0.492 e. The number of hydrogen-bond donors (Lipinski definition) is 3. The number of amides is 3. The molecule has 0 aliphatic carbocycles. The molecule has 3 N–H and O–H groups in total. The molecule has 0 atom stereocenters. The van der Waals surface area contributed by atoms with Gasteiger partial charge >= 0.3 is 11.8 Å². The highest BCUT2D eigenvalue weighted by Gasteiger charge is 2.15. The first-order valence-corrected chi connectivity index (χ1v) is 11.4. The number of benzene rings is 3. The highest BCUT2D eigenvalue weighted by Crippen LogP contribution is 2.24. The molecule has 0 bridgehead atoms. The minimum atomic E-state index is -0.966. The maximum Gasteiger partial charge on any atom is 0.329 e. The molecule has 3 aromatic carbocycles. The Morgan fingerprint density at radius 2 is 1.63 bits per heavy atom. The van der Waals surface area contributed by atoms with E-state index >= 15 is 0 Å². The molecule has 0 aromatic heterocycles. The fourth-order valence-corrected chi connectivity index (χ4v) is 3.23. The highest BCUT2D eigenvalue weighted by atomic mass is 79.9. The van der Waals surface area contributed by atoms with Gasteiger partial charge < -0.3 is 20.1 Å². The number of carbonyl (C=O) groups is 3. The van der Waals surface area contributed by atoms with Crippen LogP contribution in [0.3, 0.4) is 0 Å². The monoisotopic (exact) mass is 538 g/mol. The Kier molecular flexibility index (Phi) is 9.38. The standard InChI is InChI=1S/C25H23BrN4O5/c1-2-34-22-11-7-6-10-20(22)29-24(32)25(33)30-27-15-17-14-18(26)12-13-21(17)35-16-23(31)28-19-8-4-3-5-9-19/h3-15H,2,16H2,1H3,(H,28,31)(H,29,32)(H,30,33)/b27-15-. The molecule has 3 amide bonds. The van der Waals surface area contributed by atoms with Gasteiger partial charge in [-0.2, -0.15) is 5.10 Å². The van der Waals surface area contributed by atoms with Gasteiger partial charge in [-0.25, -0.2) is 5.43 Å². The Labute approximate surface area is 210 Å². The number of hydrogen-bond acceptors (Lipinski definition) is 6. The molecule has 180 valence electrons. The predicted octanol–water partition coefficient (Wildman–Crippen LogP) is 3.95. The molecule has 0 unspecified atom stereocenters. The Hall–Kier alpha value is -4.18. The van der Waals surface area contributed by atoms with Gasteiger partial charge in [0.05, 0.1) is 18.5 Å². The zero-order valence-corrected chi connectivity index (χ0v) is 20.4. The number of nitrogens with zero attached hydrogens (tertiary/aromatic N) is 1. The molecule has 3 rings (SSSR count). The Morgan fingerprint density at radius 3 is 2.40 bits per heavy atom. The van der Waals surface area contributed by atoms with Crippen LogP contribution < -0.4 is 25.5 Å². The zero-order valence-electron chi connectivity index (χ0n) is 18.8. The maximum atomic E-state index is 12.2. The Morgan fingerprint density at radius 1 is 0.886 bits per heavy atom. The van der Waals surface area contributed by atoms with Crippen molar-refractivity contribution in [1.29, 1.82) is 0 Å². The lowest BCUT2D eigenvalue weighted by molar-refractivity contribution is -0.136. The first kappa shape index (κ1) is 25.4. The minimum Gasteiger partial charge on any atom is -0.492 e. The smallest absolute Gasteiger partial charge is 0.329 e. The lowest BCUT2D eigenvalue weighted by Crippen LogP contribution is -2.32. The molecular weight excluding hydrogens is 516 g/mol. The third-order valence-electron chi connectivity index (χ3n) is 4.40. The van der Waals surface area contributed by atoms with Gasteiger partial charge in [0.2, 0.25) is 0 Å². The van der Waals surface area contributed by atoms with Crippen LogP contribution in [0, 0.1) is 0 Å². The van der Waals surface area contributed by atoms with E-state index < -0.39 is 11.8 Å². The highest BCUT2D eigenvalue weighted by molar-refractivity contribution is 9.10. The molecule has 3 aromatic rings. The van der Waals surface area contributed by atoms with E-state index in [-0.39, 0.29) is 12.5 Å². The van der Waals surface area contributed by atoms with Gasteiger partial charge in [-0.15, -0.1) is 0 Å². The molecule has 35 heavy (non-hydrogen) atoms. The first-order chi connectivity index (χ1) is 17.0. The van der Waals surface area contributed by atoms with E-state index in [0.717, 1.165) is 4.47 Å². The molecular formula is C25H23BrN4O5. The van der Waals surface area contributed by atoms with Gasteiger partial charge in [0, 0.05) is 15.7 Å². The number of hydrazone groups is 1. The van der Waals surface area contributed by atoms with Crippen molar-refractivity contribution in [2.45, 2.75) is 6.92 Å². The number of anilines is 2. The molecule has 0 spiro atoms. The van der Waals surface area contributed by atoms with E-state index in [1.807, 2.05) is 25.1 Å². The molecule has 0 aliphatic heterocycles. The molecule has 0 saturated carbocycles. The van der Waals surface area contributed by atoms with Gasteiger partial charge in [-0.1, -0.05) is 46.3 Å². The Balaban J connectivity index is 1.58. The lowest BCUT2D eigenvalue weighted by Gasteiger charge is -2.11. The van der Waals surface area contributed by atoms with E-state index in [2.05, 4.69) is 37.1 Å². The molecule has 10 heteroatoms. The van der Waals surface area contributed by atoms with Crippen LogP contribution in [0.5, 0.6) is 11.5 Å². The van der Waals surface area contributed by atoms with E-state index in [1.165, 1.54) is 6.21 Å². The summed E-state index contributed by atoms with van der Waals surface area (Å²) in [7, 11) is 0. The van der Waals surface area contributed by atoms with Crippen molar-refractivity contribution in [3.05, 3.63) is 82.8 Å². The van der Waals surface area contributed by atoms with Crippen LogP contribution in [0.25, 0.3) is 0 Å². The molecule has 0 saturated heterocycles. The fraction of sp³-hybridized carbons (Fsp3) is 0.120. The van der Waals surface area contributed by atoms with Crippen molar-refractivity contribution < 1.29 is 23.9 Å². The third-order valence-corrected chi connectivity index (χ3v) is 4.89. The van der Waals surface area contributed by atoms with Crippen molar-refractivity contribution in [2.75, 3.05) is 23.8 Å². The summed E-state index contributed by atoms with van der Waals surface area (Å²) in [5.41, 5.74) is 3.68. The number of rotatable bonds is 9. The van der Waals surface area contributed by atoms with Crippen LogP contribution in [0.15, 0.2) is 82.4 Å². The summed E-state index contributed by atoms with van der Waals surface area (Å²) in [6, 6.07) is 20.9. The van der Waals surface area contributed by atoms with E-state index in [0.29, 0.717) is 35.0 Å². The van der Waals surface area contributed by atoms with Crippen LogP contribution in [0.1, 0.15) is 12.5 Å². The van der Waals surface area contributed by atoms with Crippen molar-refractivity contribution in [3.8, 4) is 11.5 Å². The van der Waals surface area contributed by atoms with Crippen molar-refractivity contribution in [1.82, 2.24) is 5.43 Å². The average Bonchev–Trinajstić information content (AvgIpc) is 2.85.